The number of carbonyl (C=O) groups is 1. The van der Waals surface area contributed by atoms with Crippen LogP contribution < -0.4 is 10.9 Å². The van der Waals surface area contributed by atoms with Crippen molar-refractivity contribution in [3.05, 3.63) is 22.1 Å². The van der Waals surface area contributed by atoms with E-state index in [1.54, 1.807) is 17.7 Å². The van der Waals surface area contributed by atoms with Gasteiger partial charge >= 0.3 is 0 Å². The number of fused-ring (bicyclic) bond motifs is 1. The second-order valence-corrected chi connectivity index (χ2v) is 6.49. The van der Waals surface area contributed by atoms with Crippen LogP contribution in [0.25, 0.3) is 0 Å². The molecular weight excluding hydrogens is 290 g/mol. The second kappa shape index (κ2) is 6.19. The summed E-state index contributed by atoms with van der Waals surface area (Å²) in [7, 11) is 0. The third-order valence-corrected chi connectivity index (χ3v) is 4.98. The van der Waals surface area contributed by atoms with E-state index in [1.807, 2.05) is 0 Å². The summed E-state index contributed by atoms with van der Waals surface area (Å²) in [6.45, 7) is 3.10. The van der Waals surface area contributed by atoms with E-state index < -0.39 is 0 Å². The molecule has 0 spiro atoms. The average molecular weight is 309 g/mol. The van der Waals surface area contributed by atoms with E-state index in [0.29, 0.717) is 23.7 Å². The van der Waals surface area contributed by atoms with Crippen LogP contribution in [0.1, 0.15) is 30.9 Å². The summed E-state index contributed by atoms with van der Waals surface area (Å²) < 4.78 is 7.14. The molecule has 2 aliphatic heterocycles. The van der Waals surface area contributed by atoms with Gasteiger partial charge in [-0.25, -0.2) is 4.98 Å². The molecule has 0 aliphatic carbocycles. The Morgan fingerprint density at radius 3 is 3.24 bits per heavy atom. The van der Waals surface area contributed by atoms with Gasteiger partial charge in [0.15, 0.2) is 5.16 Å². The lowest BCUT2D eigenvalue weighted by atomic mass is 10.2. The zero-order valence-electron chi connectivity index (χ0n) is 12.0. The van der Waals surface area contributed by atoms with Crippen LogP contribution >= 0.6 is 11.8 Å². The highest BCUT2D eigenvalue weighted by molar-refractivity contribution is 7.99. The molecule has 1 aromatic rings. The van der Waals surface area contributed by atoms with Gasteiger partial charge in [0, 0.05) is 37.1 Å². The molecule has 0 aromatic carbocycles. The van der Waals surface area contributed by atoms with Gasteiger partial charge in [0.2, 0.25) is 5.91 Å². The number of aryl methyl sites for hydroxylation is 1. The quantitative estimate of drug-likeness (QED) is 0.836. The molecule has 2 atom stereocenters. The lowest BCUT2D eigenvalue weighted by Gasteiger charge is -2.15. The number of ether oxygens (including phenoxy) is 1. The van der Waals surface area contributed by atoms with E-state index in [1.165, 1.54) is 11.8 Å². The molecular formula is C14H19N3O3S. The predicted octanol–water partition coefficient (Wildman–Crippen LogP) is 0.884. The number of nitrogens with zero attached hydrogens (tertiary/aromatic N) is 2. The Bertz CT molecular complexity index is 596. The summed E-state index contributed by atoms with van der Waals surface area (Å²) in [5.74, 6) is 0.691. The Morgan fingerprint density at radius 1 is 1.62 bits per heavy atom. The van der Waals surface area contributed by atoms with E-state index in [2.05, 4.69) is 10.3 Å². The van der Waals surface area contributed by atoms with Crippen molar-refractivity contribution in [3.63, 3.8) is 0 Å². The summed E-state index contributed by atoms with van der Waals surface area (Å²) in [4.78, 5) is 28.5. The van der Waals surface area contributed by atoms with Gasteiger partial charge in [0.25, 0.3) is 5.56 Å². The number of hydrogen-bond acceptors (Lipinski definition) is 5. The zero-order valence-corrected chi connectivity index (χ0v) is 12.8. The van der Waals surface area contributed by atoms with Gasteiger partial charge in [-0.15, -0.1) is 0 Å². The molecule has 114 valence electrons. The van der Waals surface area contributed by atoms with Crippen LogP contribution in [-0.2, 0) is 9.53 Å². The van der Waals surface area contributed by atoms with Gasteiger partial charge in [-0.1, -0.05) is 11.8 Å². The first-order chi connectivity index (χ1) is 10.1. The molecule has 1 N–H and O–H groups in total. The minimum Gasteiger partial charge on any atom is -0.376 e. The average Bonchev–Trinajstić information content (AvgIpc) is 3.11. The van der Waals surface area contributed by atoms with Crippen LogP contribution in [0.15, 0.2) is 16.1 Å². The van der Waals surface area contributed by atoms with Crippen molar-refractivity contribution in [1.82, 2.24) is 14.9 Å². The molecule has 0 bridgehead atoms. The highest BCUT2D eigenvalue weighted by atomic mass is 32.2. The number of rotatable bonds is 4. The number of carbonyl (C=O) groups excluding carboxylic acids is 1. The van der Waals surface area contributed by atoms with Crippen LogP contribution in [0.3, 0.4) is 0 Å². The predicted molar refractivity (Wildman–Crippen MR) is 79.6 cm³/mol. The molecule has 0 saturated carbocycles. The summed E-state index contributed by atoms with van der Waals surface area (Å²) in [6.07, 6.45) is 4.13. The van der Waals surface area contributed by atoms with Crippen molar-refractivity contribution in [1.29, 1.82) is 0 Å². The minimum absolute atomic E-state index is 0.0302. The Labute approximate surface area is 127 Å². The van der Waals surface area contributed by atoms with Crippen LogP contribution in [-0.4, -0.2) is 40.5 Å². The topological polar surface area (TPSA) is 73.2 Å². The summed E-state index contributed by atoms with van der Waals surface area (Å²) in [5.41, 5.74) is 0.577. The van der Waals surface area contributed by atoms with Crippen LogP contribution in [0.2, 0.25) is 0 Å². The van der Waals surface area contributed by atoms with Crippen LogP contribution in [0.5, 0.6) is 0 Å². The molecule has 1 aromatic heterocycles. The molecule has 0 unspecified atom stereocenters. The van der Waals surface area contributed by atoms with Crippen molar-refractivity contribution in [2.75, 3.05) is 18.9 Å². The molecule has 2 aliphatic rings. The second-order valence-electron chi connectivity index (χ2n) is 5.51. The largest absolute Gasteiger partial charge is 0.376 e. The Kier molecular flexibility index (Phi) is 4.30. The fourth-order valence-corrected chi connectivity index (χ4v) is 3.80. The van der Waals surface area contributed by atoms with Gasteiger partial charge in [-0.3, -0.25) is 14.2 Å². The van der Waals surface area contributed by atoms with Gasteiger partial charge in [0.1, 0.15) is 0 Å². The molecule has 0 radical (unpaired) electrons. The Morgan fingerprint density at radius 2 is 2.48 bits per heavy atom. The van der Waals surface area contributed by atoms with Gasteiger partial charge in [-0.2, -0.15) is 0 Å². The standard InChI is InChI=1S/C14H19N3O3S/c1-9-6-16-14-17(13(9)19)10(8-21-14)5-12(18)15-7-11-3-2-4-20-11/h6,10-11H,2-5,7-8H2,1H3,(H,15,18)/t10-,11+/m0/s1. The number of nitrogens with one attached hydrogen (secondary N) is 1. The first kappa shape index (κ1) is 14.6. The summed E-state index contributed by atoms with van der Waals surface area (Å²) >= 11 is 1.53. The first-order valence-electron chi connectivity index (χ1n) is 7.24. The summed E-state index contributed by atoms with van der Waals surface area (Å²) in [6, 6.07) is -0.102. The van der Waals surface area contributed by atoms with E-state index in [0.717, 1.165) is 25.2 Å². The number of thioether (sulfide) groups is 1. The van der Waals surface area contributed by atoms with Crippen molar-refractivity contribution in [2.45, 2.75) is 43.5 Å². The van der Waals surface area contributed by atoms with Crippen molar-refractivity contribution in [2.24, 2.45) is 0 Å². The number of aromatic nitrogens is 2. The fraction of sp³-hybridized carbons (Fsp3) is 0.643. The molecule has 1 amide bonds. The third kappa shape index (κ3) is 3.13. The maximum absolute atomic E-state index is 12.2. The highest BCUT2D eigenvalue weighted by Gasteiger charge is 2.28. The Hall–Kier alpha value is -1.34. The molecule has 6 nitrogen and oxygen atoms in total. The van der Waals surface area contributed by atoms with Gasteiger partial charge in [0.05, 0.1) is 12.1 Å². The number of amides is 1. The normalized spacial score (nSPS) is 24.0. The van der Waals surface area contributed by atoms with Crippen LogP contribution in [0, 0.1) is 6.92 Å². The lowest BCUT2D eigenvalue weighted by molar-refractivity contribution is -0.122. The van der Waals surface area contributed by atoms with E-state index in [-0.39, 0.29) is 23.6 Å². The SMILES string of the molecule is Cc1cnc2n(c1=O)[C@@H](CC(=O)NC[C@H]1CCCO1)CS2. The molecule has 21 heavy (non-hydrogen) atoms. The maximum Gasteiger partial charge on any atom is 0.257 e. The van der Waals surface area contributed by atoms with E-state index in [9.17, 15) is 9.59 Å². The first-order valence-corrected chi connectivity index (χ1v) is 8.23. The van der Waals surface area contributed by atoms with E-state index in [4.69, 9.17) is 4.74 Å². The van der Waals surface area contributed by atoms with Crippen molar-refractivity contribution >= 4 is 17.7 Å². The molecule has 1 fully saturated rings. The Balaban J connectivity index is 1.61. The smallest absolute Gasteiger partial charge is 0.257 e. The minimum atomic E-state index is -0.102. The third-order valence-electron chi connectivity index (χ3n) is 3.87. The van der Waals surface area contributed by atoms with E-state index >= 15 is 0 Å². The van der Waals surface area contributed by atoms with Crippen LogP contribution in [0.4, 0.5) is 0 Å². The molecule has 1 saturated heterocycles. The molecule has 7 heteroatoms. The fourth-order valence-electron chi connectivity index (χ4n) is 2.69. The number of hydrogen-bond donors (Lipinski definition) is 1. The lowest BCUT2D eigenvalue weighted by Crippen LogP contribution is -2.35. The van der Waals surface area contributed by atoms with Crippen molar-refractivity contribution in [3.8, 4) is 0 Å². The van der Waals surface area contributed by atoms with Crippen molar-refractivity contribution < 1.29 is 9.53 Å². The highest BCUT2D eigenvalue weighted by Crippen LogP contribution is 2.31. The monoisotopic (exact) mass is 309 g/mol. The summed E-state index contributed by atoms with van der Waals surface area (Å²) in [5, 5.41) is 3.62. The molecule has 3 heterocycles. The maximum atomic E-state index is 12.2. The van der Waals surface area contributed by atoms with Gasteiger partial charge in [-0.05, 0) is 19.8 Å². The zero-order chi connectivity index (χ0) is 14.8. The van der Waals surface area contributed by atoms with Gasteiger partial charge < -0.3 is 10.1 Å². The molecule has 3 rings (SSSR count).